The van der Waals surface area contributed by atoms with Gasteiger partial charge in [-0.1, -0.05) is 82.1 Å². The van der Waals surface area contributed by atoms with Crippen LogP contribution in [0.15, 0.2) is 48.5 Å². The Balaban J connectivity index is 1.51. The number of carbonyl (C=O) groups excluding carboxylic acids is 3. The maximum atomic E-state index is 13.9. The largest absolute Gasteiger partial charge is 0.480 e. The number of hydrogen-bond acceptors (Lipinski definition) is 8. The first-order valence-electron chi connectivity index (χ1n) is 15.6. The molecule has 0 radical (unpaired) electrons. The Hall–Kier alpha value is -4.85. The molecular formula is C32H42N8O6. The third-order valence-corrected chi connectivity index (χ3v) is 8.10. The van der Waals surface area contributed by atoms with Gasteiger partial charge in [-0.05, 0) is 45.9 Å². The summed E-state index contributed by atoms with van der Waals surface area (Å²) in [5.74, 6) is -3.23. The van der Waals surface area contributed by atoms with E-state index in [1.165, 1.54) is 4.90 Å². The number of carbonyl (C=O) groups is 4. The Morgan fingerprint density at radius 3 is 2.37 bits per heavy atom. The van der Waals surface area contributed by atoms with Crippen molar-refractivity contribution >= 4 is 23.8 Å². The van der Waals surface area contributed by atoms with E-state index in [1.54, 1.807) is 10.4 Å². The SMILES string of the molecule is CCCCCN(Cc1ccc(-c2ccccc2-c2nnn[nH]2)cc1)C(=O)N1C[C@@H](NC(=O)C(CC(C)C)C(=O)NO)C[C@H]1C(=O)O. The summed E-state index contributed by atoms with van der Waals surface area (Å²) in [6.45, 7) is 6.43. The summed E-state index contributed by atoms with van der Waals surface area (Å²) in [5, 5.41) is 36.1. The van der Waals surface area contributed by atoms with E-state index in [0.717, 1.165) is 41.5 Å². The molecule has 0 saturated carbocycles. The number of amides is 4. The molecule has 0 aliphatic carbocycles. The van der Waals surface area contributed by atoms with Gasteiger partial charge in [0.15, 0.2) is 5.82 Å². The van der Waals surface area contributed by atoms with Crippen LogP contribution in [0.3, 0.4) is 0 Å². The normalized spacial score (nSPS) is 16.7. The van der Waals surface area contributed by atoms with E-state index in [4.69, 9.17) is 5.21 Å². The number of aromatic amines is 1. The fourth-order valence-corrected chi connectivity index (χ4v) is 5.77. The molecule has 4 rings (SSSR count). The fraction of sp³-hybridized carbons (Fsp3) is 0.469. The molecule has 1 aliphatic heterocycles. The van der Waals surface area contributed by atoms with Crippen molar-refractivity contribution in [3.05, 3.63) is 54.1 Å². The summed E-state index contributed by atoms with van der Waals surface area (Å²) in [4.78, 5) is 54.3. The van der Waals surface area contributed by atoms with Crippen molar-refractivity contribution in [2.45, 2.75) is 71.5 Å². The van der Waals surface area contributed by atoms with Crippen LogP contribution in [-0.2, 0) is 20.9 Å². The summed E-state index contributed by atoms with van der Waals surface area (Å²) in [5.41, 5.74) is 5.13. The van der Waals surface area contributed by atoms with Crippen molar-refractivity contribution < 1.29 is 29.5 Å². The van der Waals surface area contributed by atoms with Crippen LogP contribution in [0, 0.1) is 11.8 Å². The fourth-order valence-electron chi connectivity index (χ4n) is 5.77. The molecule has 3 aromatic rings. The molecule has 14 heteroatoms. The molecule has 3 atom stereocenters. The Morgan fingerprint density at radius 2 is 1.76 bits per heavy atom. The second-order valence-electron chi connectivity index (χ2n) is 12.0. The summed E-state index contributed by atoms with van der Waals surface area (Å²) in [6.07, 6.45) is 2.80. The molecule has 1 saturated heterocycles. The van der Waals surface area contributed by atoms with E-state index in [2.05, 4.69) is 32.9 Å². The molecule has 4 amide bonds. The quantitative estimate of drug-likeness (QED) is 0.0764. The Kier molecular flexibility index (Phi) is 11.8. The minimum absolute atomic E-state index is 0.000426. The molecule has 246 valence electrons. The monoisotopic (exact) mass is 634 g/mol. The van der Waals surface area contributed by atoms with Crippen molar-refractivity contribution in [1.82, 2.24) is 41.2 Å². The lowest BCUT2D eigenvalue weighted by atomic mass is 9.95. The Morgan fingerprint density at radius 1 is 1.04 bits per heavy atom. The van der Waals surface area contributed by atoms with Gasteiger partial charge in [0, 0.05) is 37.7 Å². The van der Waals surface area contributed by atoms with E-state index >= 15 is 0 Å². The number of urea groups is 1. The number of likely N-dealkylation sites (tertiary alicyclic amines) is 1. The number of tetrazole rings is 1. The van der Waals surface area contributed by atoms with Crippen LogP contribution in [-0.4, -0.2) is 89.7 Å². The van der Waals surface area contributed by atoms with Crippen molar-refractivity contribution in [2.75, 3.05) is 13.1 Å². The van der Waals surface area contributed by atoms with E-state index in [-0.39, 0.29) is 31.8 Å². The number of unbranched alkanes of at least 4 members (excludes halogenated alkanes) is 2. The number of hydrogen-bond donors (Lipinski definition) is 5. The van der Waals surface area contributed by atoms with Crippen LogP contribution < -0.4 is 10.8 Å². The predicted octanol–water partition coefficient (Wildman–Crippen LogP) is 3.46. The lowest BCUT2D eigenvalue weighted by molar-refractivity contribution is -0.143. The number of nitrogens with zero attached hydrogens (tertiary/aromatic N) is 5. The standard InChI is InChI=1S/C32H42N8O6/c1-4-5-8-15-39(18-21-11-13-22(14-12-21)24-9-6-7-10-25(24)28-34-37-38-35-28)32(45)40-19-23(17-27(40)31(43)44)33-29(41)26(16-20(2)3)30(42)36-46/h6-7,9-14,20,23,26-27,46H,4-5,8,15-19H2,1-3H3,(H,33,41)(H,36,42)(H,43,44)(H,34,35,37,38)/t23-,26?,27-/m0/s1. The van der Waals surface area contributed by atoms with Gasteiger partial charge < -0.3 is 20.2 Å². The van der Waals surface area contributed by atoms with Gasteiger partial charge in [0.1, 0.15) is 12.0 Å². The number of carboxylic acid groups (broad SMARTS) is 1. The van der Waals surface area contributed by atoms with Crippen LogP contribution in [0.4, 0.5) is 4.79 Å². The van der Waals surface area contributed by atoms with Crippen molar-refractivity contribution in [1.29, 1.82) is 0 Å². The maximum Gasteiger partial charge on any atom is 0.326 e. The molecule has 14 nitrogen and oxygen atoms in total. The molecule has 46 heavy (non-hydrogen) atoms. The van der Waals surface area contributed by atoms with Gasteiger partial charge in [-0.15, -0.1) is 5.10 Å². The summed E-state index contributed by atoms with van der Waals surface area (Å²) in [7, 11) is 0. The predicted molar refractivity (Wildman–Crippen MR) is 168 cm³/mol. The van der Waals surface area contributed by atoms with Crippen LogP contribution in [0.1, 0.15) is 58.4 Å². The number of rotatable bonds is 14. The highest BCUT2D eigenvalue weighted by Gasteiger charge is 2.42. The average molecular weight is 635 g/mol. The lowest BCUT2D eigenvalue weighted by Crippen LogP contribution is -2.49. The first kappa shape index (κ1) is 34.0. The molecule has 1 aromatic heterocycles. The van der Waals surface area contributed by atoms with E-state index in [0.29, 0.717) is 12.4 Å². The van der Waals surface area contributed by atoms with Crippen molar-refractivity contribution in [2.24, 2.45) is 11.8 Å². The Labute approximate surface area is 267 Å². The minimum Gasteiger partial charge on any atom is -0.480 e. The smallest absolute Gasteiger partial charge is 0.326 e. The van der Waals surface area contributed by atoms with Crippen LogP contribution in [0.5, 0.6) is 0 Å². The molecular weight excluding hydrogens is 592 g/mol. The van der Waals surface area contributed by atoms with Gasteiger partial charge in [0.05, 0.1) is 0 Å². The minimum atomic E-state index is -1.17. The highest BCUT2D eigenvalue weighted by atomic mass is 16.5. The van der Waals surface area contributed by atoms with E-state index in [1.807, 2.05) is 62.4 Å². The molecule has 0 bridgehead atoms. The number of carboxylic acids is 1. The van der Waals surface area contributed by atoms with Gasteiger partial charge in [-0.3, -0.25) is 14.8 Å². The zero-order chi connectivity index (χ0) is 33.2. The molecule has 2 heterocycles. The van der Waals surface area contributed by atoms with Gasteiger partial charge >= 0.3 is 12.0 Å². The zero-order valence-electron chi connectivity index (χ0n) is 26.3. The number of H-pyrrole nitrogens is 1. The van der Waals surface area contributed by atoms with Crippen LogP contribution in [0.25, 0.3) is 22.5 Å². The Bertz CT molecular complexity index is 1480. The number of hydroxylamine groups is 1. The highest BCUT2D eigenvalue weighted by Crippen LogP contribution is 2.30. The van der Waals surface area contributed by atoms with E-state index in [9.17, 15) is 24.3 Å². The van der Waals surface area contributed by atoms with Crippen molar-refractivity contribution in [3.63, 3.8) is 0 Å². The molecule has 0 spiro atoms. The summed E-state index contributed by atoms with van der Waals surface area (Å²) in [6, 6.07) is 13.3. The second kappa shape index (κ2) is 15.9. The number of nitrogens with one attached hydrogen (secondary N) is 3. The van der Waals surface area contributed by atoms with Crippen LogP contribution >= 0.6 is 0 Å². The van der Waals surface area contributed by atoms with Gasteiger partial charge in [0.25, 0.3) is 5.91 Å². The second-order valence-corrected chi connectivity index (χ2v) is 12.0. The number of aliphatic carboxylic acids is 1. The van der Waals surface area contributed by atoms with Gasteiger partial charge in [-0.2, -0.15) is 0 Å². The number of aromatic nitrogens is 4. The maximum absolute atomic E-state index is 13.9. The summed E-state index contributed by atoms with van der Waals surface area (Å²) < 4.78 is 0. The van der Waals surface area contributed by atoms with Crippen molar-refractivity contribution in [3.8, 4) is 22.5 Å². The molecule has 1 fully saturated rings. The molecule has 1 aliphatic rings. The third kappa shape index (κ3) is 8.44. The highest BCUT2D eigenvalue weighted by molar-refractivity contribution is 6.00. The first-order chi connectivity index (χ1) is 22.1. The third-order valence-electron chi connectivity index (χ3n) is 8.10. The average Bonchev–Trinajstić information content (AvgIpc) is 3.74. The lowest BCUT2D eigenvalue weighted by Gasteiger charge is -2.30. The van der Waals surface area contributed by atoms with Gasteiger partial charge in [0.2, 0.25) is 5.91 Å². The van der Waals surface area contributed by atoms with Crippen LogP contribution in [0.2, 0.25) is 0 Å². The van der Waals surface area contributed by atoms with E-state index < -0.39 is 41.8 Å². The molecule has 1 unspecified atom stereocenters. The number of benzene rings is 2. The zero-order valence-corrected chi connectivity index (χ0v) is 26.3. The molecule has 5 N–H and O–H groups in total. The van der Waals surface area contributed by atoms with Gasteiger partial charge in [-0.25, -0.2) is 20.2 Å². The first-order valence-corrected chi connectivity index (χ1v) is 15.6. The summed E-state index contributed by atoms with van der Waals surface area (Å²) >= 11 is 0. The molecule has 2 aromatic carbocycles. The topological polar surface area (TPSA) is 194 Å².